The van der Waals surface area contributed by atoms with Crippen LogP contribution in [0.1, 0.15) is 32.0 Å². The van der Waals surface area contributed by atoms with Crippen molar-refractivity contribution in [1.29, 1.82) is 0 Å². The highest BCUT2D eigenvalue weighted by atomic mass is 16.5. The zero-order chi connectivity index (χ0) is 16.1. The molecule has 0 N–H and O–H groups in total. The summed E-state index contributed by atoms with van der Waals surface area (Å²) < 4.78 is 5.75. The molecule has 1 aromatic carbocycles. The number of carbonyl (C=O) groups is 2. The van der Waals surface area contributed by atoms with Gasteiger partial charge in [0.15, 0.2) is 12.0 Å². The summed E-state index contributed by atoms with van der Waals surface area (Å²) in [5, 5.41) is 0. The third kappa shape index (κ3) is 3.31. The van der Waals surface area contributed by atoms with Crippen LogP contribution in [0.15, 0.2) is 36.5 Å². The number of carbonyl (C=O) groups excluding carboxylic acids is 2. The Balaban J connectivity index is 2.35. The number of pyridine rings is 1. The number of amides is 1. The Morgan fingerprint density at radius 3 is 2.55 bits per heavy atom. The summed E-state index contributed by atoms with van der Waals surface area (Å²) in [5.41, 5.74) is 2.03. The first kappa shape index (κ1) is 15.7. The van der Waals surface area contributed by atoms with E-state index in [1.165, 1.54) is 11.1 Å². The zero-order valence-corrected chi connectivity index (χ0v) is 12.9. The lowest BCUT2D eigenvalue weighted by Crippen LogP contribution is -2.23. The topological polar surface area (TPSA) is 59.5 Å². The number of ether oxygens (including phenoxy) is 1. The van der Waals surface area contributed by atoms with E-state index in [9.17, 15) is 9.59 Å². The van der Waals surface area contributed by atoms with Crippen LogP contribution in [-0.4, -0.2) is 36.2 Å². The molecule has 2 rings (SSSR count). The molecule has 0 saturated carbocycles. The third-order valence-corrected chi connectivity index (χ3v) is 3.23. The van der Waals surface area contributed by atoms with E-state index < -0.39 is 0 Å². The van der Waals surface area contributed by atoms with Crippen LogP contribution in [0.4, 0.5) is 0 Å². The van der Waals surface area contributed by atoms with Gasteiger partial charge in [-0.3, -0.25) is 14.6 Å². The average Bonchev–Trinajstić information content (AvgIpc) is 2.53. The molecular weight excluding hydrogens is 280 g/mol. The van der Waals surface area contributed by atoms with Crippen LogP contribution < -0.4 is 4.74 Å². The van der Waals surface area contributed by atoms with Crippen molar-refractivity contribution in [2.45, 2.75) is 13.5 Å². The number of hydrogen-bond acceptors (Lipinski definition) is 4. The molecule has 5 heteroatoms. The van der Waals surface area contributed by atoms with Crippen molar-refractivity contribution in [3.63, 3.8) is 0 Å². The Bertz CT molecular complexity index is 682. The minimum atomic E-state index is -0.279. The standard InChI is InChI=1S/C17H18N2O3/c1-12-16(22-11-13-7-5-4-6-8-13)15(10-20)14(9-18-12)17(21)19(2)3/h4-10H,11H2,1-3H3. The van der Waals surface area contributed by atoms with Gasteiger partial charge >= 0.3 is 0 Å². The lowest BCUT2D eigenvalue weighted by molar-refractivity contribution is 0.0822. The van der Waals surface area contributed by atoms with E-state index >= 15 is 0 Å². The van der Waals surface area contributed by atoms with Gasteiger partial charge in [0.25, 0.3) is 5.91 Å². The van der Waals surface area contributed by atoms with E-state index in [-0.39, 0.29) is 17.0 Å². The largest absolute Gasteiger partial charge is 0.486 e. The Kier molecular flexibility index (Phi) is 4.88. The smallest absolute Gasteiger partial charge is 0.255 e. The second kappa shape index (κ2) is 6.85. The molecular formula is C17H18N2O3. The van der Waals surface area contributed by atoms with Crippen molar-refractivity contribution in [2.75, 3.05) is 14.1 Å². The average molecular weight is 298 g/mol. The summed E-state index contributed by atoms with van der Waals surface area (Å²) in [5.74, 6) is 0.0747. The van der Waals surface area contributed by atoms with E-state index in [4.69, 9.17) is 4.74 Å². The summed E-state index contributed by atoms with van der Waals surface area (Å²) in [6.45, 7) is 2.06. The first-order chi connectivity index (χ1) is 10.5. The molecule has 5 nitrogen and oxygen atoms in total. The molecule has 0 unspecified atom stereocenters. The van der Waals surface area contributed by atoms with Crippen molar-refractivity contribution >= 4 is 12.2 Å². The predicted molar refractivity (Wildman–Crippen MR) is 83.2 cm³/mol. The van der Waals surface area contributed by atoms with Crippen LogP contribution in [0, 0.1) is 6.92 Å². The molecule has 0 spiro atoms. The van der Waals surface area contributed by atoms with Gasteiger partial charge in [-0.15, -0.1) is 0 Å². The highest BCUT2D eigenvalue weighted by molar-refractivity contribution is 6.02. The number of nitrogens with zero attached hydrogens (tertiary/aromatic N) is 2. The Labute approximate surface area is 129 Å². The van der Waals surface area contributed by atoms with Gasteiger partial charge in [0.1, 0.15) is 6.61 Å². The van der Waals surface area contributed by atoms with Crippen molar-refractivity contribution < 1.29 is 14.3 Å². The quantitative estimate of drug-likeness (QED) is 0.796. The minimum absolute atomic E-state index is 0.238. The number of aryl methyl sites for hydroxylation is 1. The first-order valence-corrected chi connectivity index (χ1v) is 6.87. The van der Waals surface area contributed by atoms with Gasteiger partial charge in [-0.2, -0.15) is 0 Å². The number of aldehydes is 1. The normalized spacial score (nSPS) is 10.1. The van der Waals surface area contributed by atoms with Crippen LogP contribution in [0.25, 0.3) is 0 Å². The molecule has 0 radical (unpaired) electrons. The molecule has 22 heavy (non-hydrogen) atoms. The van der Waals surface area contributed by atoms with Gasteiger partial charge in [0.2, 0.25) is 0 Å². The molecule has 0 aliphatic heterocycles. The second-order valence-electron chi connectivity index (χ2n) is 5.09. The van der Waals surface area contributed by atoms with E-state index in [1.807, 2.05) is 30.3 Å². The monoisotopic (exact) mass is 298 g/mol. The summed E-state index contributed by atoms with van der Waals surface area (Å²) in [7, 11) is 3.25. The van der Waals surface area contributed by atoms with Gasteiger partial charge < -0.3 is 9.64 Å². The Morgan fingerprint density at radius 2 is 1.95 bits per heavy atom. The lowest BCUT2D eigenvalue weighted by atomic mass is 10.1. The summed E-state index contributed by atoms with van der Waals surface area (Å²) in [6.07, 6.45) is 2.06. The van der Waals surface area contributed by atoms with Crippen LogP contribution in [-0.2, 0) is 6.61 Å². The SMILES string of the molecule is Cc1ncc(C(=O)N(C)C)c(C=O)c1OCc1ccccc1. The molecule has 1 amide bonds. The molecule has 0 atom stereocenters. The highest BCUT2D eigenvalue weighted by Gasteiger charge is 2.20. The van der Waals surface area contributed by atoms with Crippen LogP contribution >= 0.6 is 0 Å². The Hall–Kier alpha value is -2.69. The molecule has 0 aliphatic carbocycles. The fourth-order valence-corrected chi connectivity index (χ4v) is 2.05. The van der Waals surface area contributed by atoms with Crippen LogP contribution in [0.5, 0.6) is 5.75 Å². The number of hydrogen-bond donors (Lipinski definition) is 0. The van der Waals surface area contributed by atoms with Gasteiger partial charge in [0.05, 0.1) is 16.8 Å². The molecule has 114 valence electrons. The van der Waals surface area contributed by atoms with Gasteiger partial charge in [0, 0.05) is 20.3 Å². The molecule has 1 aromatic heterocycles. The summed E-state index contributed by atoms with van der Waals surface area (Å²) in [4.78, 5) is 29.2. The molecule has 2 aromatic rings. The highest BCUT2D eigenvalue weighted by Crippen LogP contribution is 2.25. The van der Waals surface area contributed by atoms with Crippen molar-refractivity contribution in [3.8, 4) is 5.75 Å². The van der Waals surface area contributed by atoms with Crippen molar-refractivity contribution in [1.82, 2.24) is 9.88 Å². The van der Waals surface area contributed by atoms with Crippen molar-refractivity contribution in [3.05, 3.63) is 58.9 Å². The molecule has 0 aliphatic rings. The lowest BCUT2D eigenvalue weighted by Gasteiger charge is -2.16. The number of benzene rings is 1. The summed E-state index contributed by atoms with van der Waals surface area (Å²) in [6, 6.07) is 9.60. The van der Waals surface area contributed by atoms with E-state index in [1.54, 1.807) is 21.0 Å². The zero-order valence-electron chi connectivity index (χ0n) is 12.9. The molecule has 0 fully saturated rings. The number of rotatable bonds is 5. The Morgan fingerprint density at radius 1 is 1.27 bits per heavy atom. The maximum atomic E-state index is 12.1. The molecule has 0 bridgehead atoms. The van der Waals surface area contributed by atoms with Gasteiger partial charge in [-0.05, 0) is 12.5 Å². The predicted octanol–water partition coefficient (Wildman–Crippen LogP) is 2.48. The molecule has 0 saturated heterocycles. The van der Waals surface area contributed by atoms with Gasteiger partial charge in [-0.1, -0.05) is 30.3 Å². The fraction of sp³-hybridized carbons (Fsp3) is 0.235. The van der Waals surface area contributed by atoms with E-state index in [0.29, 0.717) is 24.3 Å². The van der Waals surface area contributed by atoms with E-state index in [0.717, 1.165) is 5.56 Å². The van der Waals surface area contributed by atoms with Gasteiger partial charge in [-0.25, -0.2) is 0 Å². The minimum Gasteiger partial charge on any atom is -0.486 e. The van der Waals surface area contributed by atoms with E-state index in [2.05, 4.69) is 4.98 Å². The van der Waals surface area contributed by atoms with Crippen molar-refractivity contribution in [2.24, 2.45) is 0 Å². The van der Waals surface area contributed by atoms with Crippen LogP contribution in [0.2, 0.25) is 0 Å². The first-order valence-electron chi connectivity index (χ1n) is 6.87. The maximum Gasteiger partial charge on any atom is 0.255 e. The van der Waals surface area contributed by atoms with Crippen LogP contribution in [0.3, 0.4) is 0 Å². The second-order valence-corrected chi connectivity index (χ2v) is 5.09. The maximum absolute atomic E-state index is 12.1. The molecule has 1 heterocycles. The summed E-state index contributed by atoms with van der Waals surface area (Å²) >= 11 is 0. The number of aromatic nitrogens is 1. The fourth-order valence-electron chi connectivity index (χ4n) is 2.05. The third-order valence-electron chi connectivity index (χ3n) is 3.23.